The predicted molar refractivity (Wildman–Crippen MR) is 112 cm³/mol. The van der Waals surface area contributed by atoms with Gasteiger partial charge in [-0.05, 0) is 49.9 Å². The normalized spacial score (nSPS) is 17.5. The molecule has 1 aromatic carbocycles. The summed E-state index contributed by atoms with van der Waals surface area (Å²) in [6.45, 7) is 2.07. The molecule has 4 rings (SSSR count). The SMILES string of the molecule is CCS(=O)(=O)N1CCc2cc(C(=O)CSc3nnc(C4CCCCC4)o3)ccc21. The van der Waals surface area contributed by atoms with Gasteiger partial charge in [0.1, 0.15) is 0 Å². The molecule has 1 aliphatic heterocycles. The fourth-order valence-corrected chi connectivity index (χ4v) is 5.82. The molecule has 29 heavy (non-hydrogen) atoms. The molecule has 0 amide bonds. The van der Waals surface area contributed by atoms with Crippen molar-refractivity contribution in [2.24, 2.45) is 0 Å². The molecule has 1 aromatic heterocycles. The predicted octanol–water partition coefficient (Wildman–Crippen LogP) is 3.80. The van der Waals surface area contributed by atoms with E-state index in [0.717, 1.165) is 18.4 Å². The van der Waals surface area contributed by atoms with E-state index >= 15 is 0 Å². The lowest BCUT2D eigenvalue weighted by atomic mass is 9.89. The van der Waals surface area contributed by atoms with Crippen LogP contribution in [0.4, 0.5) is 5.69 Å². The standard InChI is InChI=1S/C20H25N3O4S2/c1-2-29(25,26)23-11-10-15-12-16(8-9-17(15)23)18(24)13-28-20-22-21-19(27-20)14-6-4-3-5-7-14/h8-9,12,14H,2-7,10-11,13H2,1H3. The molecule has 0 bridgehead atoms. The summed E-state index contributed by atoms with van der Waals surface area (Å²) >= 11 is 1.25. The first-order valence-electron chi connectivity index (χ1n) is 10.1. The first kappa shape index (κ1) is 20.4. The van der Waals surface area contributed by atoms with Crippen molar-refractivity contribution in [1.82, 2.24) is 10.2 Å². The third-order valence-electron chi connectivity index (χ3n) is 5.66. The van der Waals surface area contributed by atoms with Crippen molar-refractivity contribution in [2.75, 3.05) is 22.4 Å². The average Bonchev–Trinajstić information content (AvgIpc) is 3.39. The number of benzene rings is 1. The van der Waals surface area contributed by atoms with E-state index in [4.69, 9.17) is 4.42 Å². The van der Waals surface area contributed by atoms with Gasteiger partial charge in [-0.1, -0.05) is 31.0 Å². The number of hydrogen-bond donors (Lipinski definition) is 0. The molecule has 0 atom stereocenters. The molecule has 1 fully saturated rings. The summed E-state index contributed by atoms with van der Waals surface area (Å²) in [5, 5.41) is 8.68. The number of aromatic nitrogens is 2. The number of nitrogens with zero attached hydrogens (tertiary/aromatic N) is 3. The van der Waals surface area contributed by atoms with Crippen molar-refractivity contribution in [1.29, 1.82) is 0 Å². The number of carbonyl (C=O) groups excluding carboxylic acids is 1. The molecule has 2 heterocycles. The van der Waals surface area contributed by atoms with Crippen LogP contribution in [-0.4, -0.2) is 42.4 Å². The van der Waals surface area contributed by atoms with Gasteiger partial charge in [-0.25, -0.2) is 8.42 Å². The average molecular weight is 436 g/mol. The van der Waals surface area contributed by atoms with E-state index < -0.39 is 10.0 Å². The third kappa shape index (κ3) is 4.35. The fourth-order valence-electron chi connectivity index (χ4n) is 3.99. The van der Waals surface area contributed by atoms with Gasteiger partial charge in [-0.2, -0.15) is 0 Å². The van der Waals surface area contributed by atoms with Gasteiger partial charge in [-0.3, -0.25) is 9.10 Å². The topological polar surface area (TPSA) is 93.4 Å². The number of ketones is 1. The number of anilines is 1. The van der Waals surface area contributed by atoms with Gasteiger partial charge in [-0.15, -0.1) is 10.2 Å². The maximum Gasteiger partial charge on any atom is 0.277 e. The van der Waals surface area contributed by atoms with Crippen molar-refractivity contribution in [3.63, 3.8) is 0 Å². The van der Waals surface area contributed by atoms with E-state index in [9.17, 15) is 13.2 Å². The highest BCUT2D eigenvalue weighted by Gasteiger charge is 2.28. The smallest absolute Gasteiger partial charge is 0.277 e. The van der Waals surface area contributed by atoms with E-state index in [1.165, 1.54) is 35.3 Å². The van der Waals surface area contributed by atoms with Crippen molar-refractivity contribution in [3.8, 4) is 0 Å². The van der Waals surface area contributed by atoms with Gasteiger partial charge < -0.3 is 4.42 Å². The molecule has 0 radical (unpaired) electrons. The molecule has 2 aliphatic rings. The lowest BCUT2D eigenvalue weighted by Gasteiger charge is -2.18. The molecule has 2 aromatic rings. The summed E-state index contributed by atoms with van der Waals surface area (Å²) in [5.41, 5.74) is 2.17. The second-order valence-electron chi connectivity index (χ2n) is 7.52. The first-order valence-corrected chi connectivity index (χ1v) is 12.7. The Morgan fingerprint density at radius 3 is 2.79 bits per heavy atom. The summed E-state index contributed by atoms with van der Waals surface area (Å²) in [6, 6.07) is 5.25. The molecule has 156 valence electrons. The van der Waals surface area contributed by atoms with Gasteiger partial charge in [0, 0.05) is 18.0 Å². The summed E-state index contributed by atoms with van der Waals surface area (Å²) in [4.78, 5) is 12.6. The molecular weight excluding hydrogens is 410 g/mol. The monoisotopic (exact) mass is 435 g/mol. The van der Waals surface area contributed by atoms with Gasteiger partial charge in [0.15, 0.2) is 5.78 Å². The van der Waals surface area contributed by atoms with E-state index in [-0.39, 0.29) is 17.3 Å². The molecule has 0 unspecified atom stereocenters. The highest BCUT2D eigenvalue weighted by atomic mass is 32.2. The summed E-state index contributed by atoms with van der Waals surface area (Å²) in [7, 11) is -3.28. The maximum atomic E-state index is 12.6. The van der Waals surface area contributed by atoms with Crippen molar-refractivity contribution >= 4 is 33.3 Å². The number of sulfonamides is 1. The lowest BCUT2D eigenvalue weighted by molar-refractivity contribution is 0.102. The quantitative estimate of drug-likeness (QED) is 0.482. The second-order valence-corrected chi connectivity index (χ2v) is 10.6. The highest BCUT2D eigenvalue weighted by Crippen LogP contribution is 2.34. The number of rotatable bonds is 7. The Labute approximate surface area is 175 Å². The summed E-state index contributed by atoms with van der Waals surface area (Å²) in [5.74, 6) is 1.28. The van der Waals surface area contributed by atoms with Crippen LogP contribution in [0.2, 0.25) is 0 Å². The van der Waals surface area contributed by atoms with Crippen LogP contribution in [0.15, 0.2) is 27.8 Å². The van der Waals surface area contributed by atoms with Gasteiger partial charge in [0.2, 0.25) is 15.9 Å². The fraction of sp³-hybridized carbons (Fsp3) is 0.550. The van der Waals surface area contributed by atoms with Gasteiger partial charge in [0.25, 0.3) is 5.22 Å². The number of carbonyl (C=O) groups is 1. The molecule has 0 spiro atoms. The molecule has 0 saturated heterocycles. The number of thioether (sulfide) groups is 1. The number of hydrogen-bond acceptors (Lipinski definition) is 7. The molecule has 1 aliphatic carbocycles. The highest BCUT2D eigenvalue weighted by molar-refractivity contribution is 7.99. The Bertz CT molecular complexity index is 997. The Balaban J connectivity index is 1.39. The molecule has 9 heteroatoms. The van der Waals surface area contributed by atoms with E-state index in [1.807, 2.05) is 6.07 Å². The summed E-state index contributed by atoms with van der Waals surface area (Å²) < 4.78 is 31.6. The van der Waals surface area contributed by atoms with E-state index in [1.54, 1.807) is 19.1 Å². The Morgan fingerprint density at radius 2 is 2.03 bits per heavy atom. The molecule has 0 N–H and O–H groups in total. The minimum Gasteiger partial charge on any atom is -0.416 e. The van der Waals surface area contributed by atoms with Gasteiger partial charge >= 0.3 is 0 Å². The van der Waals surface area contributed by atoms with Crippen LogP contribution in [0.3, 0.4) is 0 Å². The second kappa shape index (κ2) is 8.47. The van der Waals surface area contributed by atoms with E-state index in [0.29, 0.717) is 41.2 Å². The van der Waals surface area contributed by atoms with Crippen LogP contribution in [0, 0.1) is 0 Å². The van der Waals surface area contributed by atoms with Crippen molar-refractivity contribution < 1.29 is 17.6 Å². The number of fused-ring (bicyclic) bond motifs is 1. The Kier molecular flexibility index (Phi) is 5.96. The molecule has 1 saturated carbocycles. The number of Topliss-reactive ketones (excluding diaryl/α,β-unsaturated/α-hetero) is 1. The summed E-state index contributed by atoms with van der Waals surface area (Å²) in [6.07, 6.45) is 6.46. The van der Waals surface area contributed by atoms with Gasteiger partial charge in [0.05, 0.1) is 17.2 Å². The minimum atomic E-state index is -3.28. The Hall–Kier alpha value is -1.87. The van der Waals surface area contributed by atoms with E-state index in [2.05, 4.69) is 10.2 Å². The lowest BCUT2D eigenvalue weighted by Crippen LogP contribution is -2.30. The van der Waals surface area contributed by atoms with Crippen LogP contribution in [-0.2, 0) is 16.4 Å². The van der Waals surface area contributed by atoms with Crippen LogP contribution >= 0.6 is 11.8 Å². The van der Waals surface area contributed by atoms with Crippen LogP contribution in [0.1, 0.15) is 66.8 Å². The minimum absolute atomic E-state index is 0.0352. The largest absolute Gasteiger partial charge is 0.416 e. The maximum absolute atomic E-state index is 12.6. The zero-order valence-electron chi connectivity index (χ0n) is 16.5. The molecular formula is C20H25N3O4S2. The zero-order valence-corrected chi connectivity index (χ0v) is 18.1. The zero-order chi connectivity index (χ0) is 20.4. The van der Waals surface area contributed by atoms with Crippen LogP contribution in [0.5, 0.6) is 0 Å². The van der Waals surface area contributed by atoms with Crippen molar-refractivity contribution in [3.05, 3.63) is 35.2 Å². The van der Waals surface area contributed by atoms with Crippen LogP contribution < -0.4 is 4.31 Å². The van der Waals surface area contributed by atoms with Crippen LogP contribution in [0.25, 0.3) is 0 Å². The Morgan fingerprint density at radius 1 is 1.24 bits per heavy atom. The third-order valence-corrected chi connectivity index (χ3v) is 8.26. The van der Waals surface area contributed by atoms with Crippen molar-refractivity contribution in [2.45, 2.75) is 56.6 Å². The first-order chi connectivity index (χ1) is 14.0. The molecule has 7 nitrogen and oxygen atoms in total.